The minimum Gasteiger partial charge on any atom is -0.321 e. The van der Waals surface area contributed by atoms with Gasteiger partial charge in [-0.25, -0.2) is 0 Å². The smallest absolute Gasteiger partial charge is 0.0705 e. The Bertz CT molecular complexity index is 527. The molecule has 90 valence electrons. The van der Waals surface area contributed by atoms with Gasteiger partial charge in [-0.1, -0.05) is 26.0 Å². The molecule has 2 nitrogen and oxygen atoms in total. The number of fused-ring (bicyclic) bond motifs is 1. The highest BCUT2D eigenvalue weighted by atomic mass is 14.7. The van der Waals surface area contributed by atoms with Gasteiger partial charge in [0.15, 0.2) is 0 Å². The second-order valence-electron chi connectivity index (χ2n) is 4.72. The molecule has 17 heavy (non-hydrogen) atoms. The van der Waals surface area contributed by atoms with E-state index in [9.17, 15) is 0 Å². The number of rotatable bonds is 3. The lowest BCUT2D eigenvalue weighted by Crippen LogP contribution is -2.34. The second-order valence-corrected chi connectivity index (χ2v) is 4.72. The van der Waals surface area contributed by atoms with E-state index >= 15 is 0 Å². The third-order valence-electron chi connectivity index (χ3n) is 3.67. The SMILES string of the molecule is CCC(N)(CC)c1ccc2nc(C)ccc2c1. The van der Waals surface area contributed by atoms with Crippen molar-refractivity contribution in [1.82, 2.24) is 4.98 Å². The first-order chi connectivity index (χ1) is 8.09. The van der Waals surface area contributed by atoms with Crippen molar-refractivity contribution in [3.63, 3.8) is 0 Å². The Kier molecular flexibility index (Phi) is 3.16. The molecule has 2 N–H and O–H groups in total. The summed E-state index contributed by atoms with van der Waals surface area (Å²) in [5.74, 6) is 0. The summed E-state index contributed by atoms with van der Waals surface area (Å²) >= 11 is 0. The van der Waals surface area contributed by atoms with Crippen molar-refractivity contribution < 1.29 is 0 Å². The van der Waals surface area contributed by atoms with Crippen molar-refractivity contribution >= 4 is 10.9 Å². The van der Waals surface area contributed by atoms with Crippen molar-refractivity contribution in [1.29, 1.82) is 0 Å². The number of nitrogens with two attached hydrogens (primary N) is 1. The number of pyridine rings is 1. The highest BCUT2D eigenvalue weighted by Crippen LogP contribution is 2.28. The molecule has 0 aliphatic rings. The highest BCUT2D eigenvalue weighted by molar-refractivity contribution is 5.79. The Labute approximate surface area is 103 Å². The maximum absolute atomic E-state index is 6.42. The molecule has 0 unspecified atom stereocenters. The largest absolute Gasteiger partial charge is 0.321 e. The molecule has 1 aromatic heterocycles. The predicted octanol–water partition coefficient (Wildman–Crippen LogP) is 3.52. The zero-order valence-corrected chi connectivity index (χ0v) is 10.8. The van der Waals surface area contributed by atoms with Gasteiger partial charge in [-0.15, -0.1) is 0 Å². The number of hydrogen-bond donors (Lipinski definition) is 1. The first kappa shape index (κ1) is 12.1. The van der Waals surface area contributed by atoms with Gasteiger partial charge in [0, 0.05) is 16.6 Å². The van der Waals surface area contributed by atoms with E-state index in [1.807, 2.05) is 13.0 Å². The summed E-state index contributed by atoms with van der Waals surface area (Å²) in [6.45, 7) is 6.29. The minimum atomic E-state index is -0.209. The van der Waals surface area contributed by atoms with Gasteiger partial charge in [0.2, 0.25) is 0 Å². The van der Waals surface area contributed by atoms with Gasteiger partial charge in [0.05, 0.1) is 5.52 Å². The summed E-state index contributed by atoms with van der Waals surface area (Å²) in [7, 11) is 0. The van der Waals surface area contributed by atoms with Gasteiger partial charge in [0.1, 0.15) is 0 Å². The van der Waals surface area contributed by atoms with Gasteiger partial charge in [-0.05, 0) is 43.5 Å². The van der Waals surface area contributed by atoms with Crippen molar-refractivity contribution in [3.05, 3.63) is 41.6 Å². The zero-order chi connectivity index (χ0) is 12.5. The molecular weight excluding hydrogens is 208 g/mol. The Balaban J connectivity index is 2.55. The van der Waals surface area contributed by atoms with Crippen LogP contribution in [0.25, 0.3) is 10.9 Å². The van der Waals surface area contributed by atoms with Crippen LogP contribution in [-0.4, -0.2) is 4.98 Å². The average Bonchev–Trinajstić information content (AvgIpc) is 2.37. The second kappa shape index (κ2) is 4.46. The third kappa shape index (κ3) is 2.18. The summed E-state index contributed by atoms with van der Waals surface area (Å²) in [4.78, 5) is 4.51. The van der Waals surface area contributed by atoms with Gasteiger partial charge < -0.3 is 5.73 Å². The molecule has 1 aromatic carbocycles. The van der Waals surface area contributed by atoms with Crippen molar-refractivity contribution in [2.45, 2.75) is 39.2 Å². The van der Waals surface area contributed by atoms with Gasteiger partial charge >= 0.3 is 0 Å². The van der Waals surface area contributed by atoms with Crippen LogP contribution in [0.5, 0.6) is 0 Å². The van der Waals surface area contributed by atoms with Crippen LogP contribution in [0, 0.1) is 6.92 Å². The molecule has 0 saturated carbocycles. The Morgan fingerprint density at radius 1 is 1.12 bits per heavy atom. The average molecular weight is 228 g/mol. The molecule has 0 radical (unpaired) electrons. The molecule has 0 aliphatic carbocycles. The first-order valence-electron chi connectivity index (χ1n) is 6.26. The molecule has 2 rings (SSSR count). The van der Waals surface area contributed by atoms with Gasteiger partial charge in [-0.3, -0.25) is 4.98 Å². The fraction of sp³-hybridized carbons (Fsp3) is 0.400. The van der Waals surface area contributed by atoms with E-state index < -0.39 is 0 Å². The molecule has 1 heterocycles. The quantitative estimate of drug-likeness (QED) is 0.873. The summed E-state index contributed by atoms with van der Waals surface area (Å²) in [5.41, 5.74) is 9.51. The lowest BCUT2D eigenvalue weighted by molar-refractivity contribution is 0.413. The number of nitrogens with zero attached hydrogens (tertiary/aromatic N) is 1. The van der Waals surface area contributed by atoms with E-state index in [2.05, 4.69) is 43.1 Å². The fourth-order valence-corrected chi connectivity index (χ4v) is 2.20. The normalized spacial score (nSPS) is 12.0. The highest BCUT2D eigenvalue weighted by Gasteiger charge is 2.22. The Morgan fingerprint density at radius 2 is 1.82 bits per heavy atom. The van der Waals surface area contributed by atoms with Crippen molar-refractivity contribution in [3.8, 4) is 0 Å². The number of aryl methyl sites for hydroxylation is 1. The van der Waals surface area contributed by atoms with Crippen LogP contribution in [-0.2, 0) is 5.54 Å². The van der Waals surface area contributed by atoms with E-state index in [0.717, 1.165) is 24.1 Å². The van der Waals surface area contributed by atoms with Crippen LogP contribution in [0.1, 0.15) is 37.9 Å². The van der Waals surface area contributed by atoms with E-state index in [4.69, 9.17) is 5.73 Å². The molecule has 2 heteroatoms. The fourth-order valence-electron chi connectivity index (χ4n) is 2.20. The Morgan fingerprint density at radius 3 is 2.47 bits per heavy atom. The summed E-state index contributed by atoms with van der Waals surface area (Å²) in [6.07, 6.45) is 1.91. The first-order valence-corrected chi connectivity index (χ1v) is 6.26. The van der Waals surface area contributed by atoms with Crippen LogP contribution >= 0.6 is 0 Å². The number of benzene rings is 1. The topological polar surface area (TPSA) is 38.9 Å². The number of aromatic nitrogens is 1. The van der Waals surface area contributed by atoms with E-state index in [-0.39, 0.29) is 5.54 Å². The molecule has 0 amide bonds. The van der Waals surface area contributed by atoms with Crippen LogP contribution in [0.3, 0.4) is 0 Å². The summed E-state index contributed by atoms with van der Waals surface area (Å²) in [5, 5.41) is 1.17. The molecular formula is C15H20N2. The molecule has 0 aliphatic heterocycles. The maximum atomic E-state index is 6.42. The van der Waals surface area contributed by atoms with Crippen LogP contribution < -0.4 is 5.73 Å². The predicted molar refractivity (Wildman–Crippen MR) is 72.9 cm³/mol. The molecule has 0 saturated heterocycles. The maximum Gasteiger partial charge on any atom is 0.0705 e. The third-order valence-corrected chi connectivity index (χ3v) is 3.67. The molecule has 0 fully saturated rings. The molecule has 2 aromatic rings. The van der Waals surface area contributed by atoms with E-state index in [1.165, 1.54) is 10.9 Å². The molecule has 0 bridgehead atoms. The molecule has 0 atom stereocenters. The van der Waals surface area contributed by atoms with Gasteiger partial charge in [-0.2, -0.15) is 0 Å². The minimum absolute atomic E-state index is 0.209. The lowest BCUT2D eigenvalue weighted by atomic mass is 9.85. The van der Waals surface area contributed by atoms with Crippen LogP contribution in [0.15, 0.2) is 30.3 Å². The molecule has 0 spiro atoms. The van der Waals surface area contributed by atoms with E-state index in [0.29, 0.717) is 0 Å². The van der Waals surface area contributed by atoms with Crippen LogP contribution in [0.4, 0.5) is 0 Å². The summed E-state index contributed by atoms with van der Waals surface area (Å²) < 4.78 is 0. The Hall–Kier alpha value is -1.41. The van der Waals surface area contributed by atoms with Crippen molar-refractivity contribution in [2.75, 3.05) is 0 Å². The monoisotopic (exact) mass is 228 g/mol. The van der Waals surface area contributed by atoms with Crippen LogP contribution in [0.2, 0.25) is 0 Å². The summed E-state index contributed by atoms with van der Waals surface area (Å²) in [6, 6.07) is 10.5. The standard InChI is InChI=1S/C15H20N2/c1-4-15(16,5-2)13-8-9-14-12(10-13)7-6-11(3)17-14/h6-10H,4-5,16H2,1-3H3. The van der Waals surface area contributed by atoms with Crippen molar-refractivity contribution in [2.24, 2.45) is 5.73 Å². The van der Waals surface area contributed by atoms with Gasteiger partial charge in [0.25, 0.3) is 0 Å². The lowest BCUT2D eigenvalue weighted by Gasteiger charge is -2.27. The van der Waals surface area contributed by atoms with E-state index in [1.54, 1.807) is 0 Å². The zero-order valence-electron chi connectivity index (χ0n) is 10.8. The number of hydrogen-bond acceptors (Lipinski definition) is 2.